The highest BCUT2D eigenvalue weighted by Crippen LogP contribution is 2.35. The Morgan fingerprint density at radius 1 is 1.21 bits per heavy atom. The van der Waals surface area contributed by atoms with Gasteiger partial charge in [0.05, 0.1) is 28.4 Å². The molecule has 1 aliphatic heterocycles. The number of halogens is 1. The number of ether oxygens (including phenoxy) is 1. The Bertz CT molecular complexity index is 1050. The lowest BCUT2D eigenvalue weighted by molar-refractivity contribution is -0.143. The van der Waals surface area contributed by atoms with E-state index in [0.29, 0.717) is 30.3 Å². The van der Waals surface area contributed by atoms with Gasteiger partial charge in [0.1, 0.15) is 12.4 Å². The van der Waals surface area contributed by atoms with Crippen LogP contribution in [0.2, 0.25) is 5.02 Å². The second kappa shape index (κ2) is 7.64. The van der Waals surface area contributed by atoms with Crippen LogP contribution in [0.1, 0.15) is 25.1 Å². The van der Waals surface area contributed by atoms with E-state index in [9.17, 15) is 9.59 Å². The number of anilines is 1. The number of benzene rings is 2. The van der Waals surface area contributed by atoms with Crippen LogP contribution in [0.5, 0.6) is 0 Å². The standard InChI is InChI=1S/C21H20ClN3O3/c1-2-28-20(27)13-25-18-10-6-4-8-16(18)23-21(25)14-11-19(26)24(12-14)17-9-5-3-7-15(17)22/h3-10,14H,2,11-13H2,1H3. The van der Waals surface area contributed by atoms with E-state index >= 15 is 0 Å². The largest absolute Gasteiger partial charge is 0.465 e. The maximum atomic E-state index is 12.7. The number of amides is 1. The number of fused-ring (bicyclic) bond motifs is 1. The van der Waals surface area contributed by atoms with Gasteiger partial charge in [-0.1, -0.05) is 35.9 Å². The van der Waals surface area contributed by atoms with Gasteiger partial charge in [-0.05, 0) is 31.2 Å². The maximum Gasteiger partial charge on any atom is 0.326 e. The van der Waals surface area contributed by atoms with Gasteiger partial charge in [-0.25, -0.2) is 4.98 Å². The Balaban J connectivity index is 1.70. The minimum atomic E-state index is -0.320. The van der Waals surface area contributed by atoms with Crippen molar-refractivity contribution in [1.82, 2.24) is 9.55 Å². The Kier molecular flexibility index (Phi) is 5.05. The van der Waals surface area contributed by atoms with Gasteiger partial charge in [0.25, 0.3) is 0 Å². The molecule has 0 N–H and O–H groups in total. The summed E-state index contributed by atoms with van der Waals surface area (Å²) in [6.07, 6.45) is 0.317. The third kappa shape index (κ3) is 3.36. The smallest absolute Gasteiger partial charge is 0.326 e. The first kappa shape index (κ1) is 18.5. The van der Waals surface area contributed by atoms with Crippen LogP contribution in [-0.2, 0) is 20.9 Å². The SMILES string of the molecule is CCOC(=O)Cn1c(C2CC(=O)N(c3ccccc3Cl)C2)nc2ccccc21. The van der Waals surface area contributed by atoms with Gasteiger partial charge in [-0.2, -0.15) is 0 Å². The molecule has 2 aromatic carbocycles. The van der Waals surface area contributed by atoms with Gasteiger partial charge in [0.2, 0.25) is 5.91 Å². The van der Waals surface area contributed by atoms with Gasteiger partial charge in [-0.15, -0.1) is 0 Å². The molecule has 1 atom stereocenters. The second-order valence-corrected chi connectivity index (χ2v) is 7.11. The molecule has 1 unspecified atom stereocenters. The average molecular weight is 398 g/mol. The van der Waals surface area contributed by atoms with Crippen LogP contribution in [0.3, 0.4) is 0 Å². The molecule has 1 amide bonds. The Morgan fingerprint density at radius 3 is 2.75 bits per heavy atom. The lowest BCUT2D eigenvalue weighted by Gasteiger charge is -2.18. The third-order valence-corrected chi connectivity index (χ3v) is 5.23. The number of hydrogen-bond acceptors (Lipinski definition) is 4. The van der Waals surface area contributed by atoms with Crippen molar-refractivity contribution in [2.75, 3.05) is 18.1 Å². The van der Waals surface area contributed by atoms with Crippen LogP contribution < -0.4 is 4.90 Å². The zero-order valence-corrected chi connectivity index (χ0v) is 16.2. The first-order chi connectivity index (χ1) is 13.6. The Hall–Kier alpha value is -2.86. The fourth-order valence-electron chi connectivity index (χ4n) is 3.69. The van der Waals surface area contributed by atoms with Crippen molar-refractivity contribution in [3.05, 3.63) is 59.4 Å². The predicted octanol–water partition coefficient (Wildman–Crippen LogP) is 3.77. The second-order valence-electron chi connectivity index (χ2n) is 6.71. The molecule has 2 heterocycles. The van der Waals surface area contributed by atoms with Crippen molar-refractivity contribution in [2.45, 2.75) is 25.8 Å². The normalized spacial score (nSPS) is 16.7. The van der Waals surface area contributed by atoms with Crippen molar-refractivity contribution in [1.29, 1.82) is 0 Å². The molecule has 0 saturated carbocycles. The number of hydrogen-bond donors (Lipinski definition) is 0. The number of esters is 1. The predicted molar refractivity (Wildman–Crippen MR) is 108 cm³/mol. The molecule has 1 aromatic heterocycles. The molecule has 4 rings (SSSR count). The molecule has 144 valence electrons. The number of nitrogens with zero attached hydrogens (tertiary/aromatic N) is 3. The van der Waals surface area contributed by atoms with E-state index in [-0.39, 0.29) is 24.3 Å². The van der Waals surface area contributed by atoms with Gasteiger partial charge in [-0.3, -0.25) is 9.59 Å². The summed E-state index contributed by atoms with van der Waals surface area (Å²) >= 11 is 6.29. The van der Waals surface area contributed by atoms with Gasteiger partial charge < -0.3 is 14.2 Å². The average Bonchev–Trinajstić information content (AvgIpc) is 3.23. The van der Waals surface area contributed by atoms with Gasteiger partial charge in [0, 0.05) is 18.9 Å². The molecule has 0 aliphatic carbocycles. The van der Waals surface area contributed by atoms with E-state index < -0.39 is 0 Å². The number of carbonyl (C=O) groups is 2. The van der Waals surface area contributed by atoms with Crippen LogP contribution in [-0.4, -0.2) is 34.6 Å². The van der Waals surface area contributed by atoms with Crippen LogP contribution in [0.15, 0.2) is 48.5 Å². The molecule has 7 heteroatoms. The summed E-state index contributed by atoms with van der Waals surface area (Å²) in [5.74, 6) is 0.259. The van der Waals surface area contributed by atoms with Gasteiger partial charge in [0.15, 0.2) is 0 Å². The zero-order chi connectivity index (χ0) is 19.7. The van der Waals surface area contributed by atoms with E-state index in [0.717, 1.165) is 16.9 Å². The first-order valence-corrected chi connectivity index (χ1v) is 9.62. The lowest BCUT2D eigenvalue weighted by Crippen LogP contribution is -2.25. The molecule has 1 aliphatic rings. The summed E-state index contributed by atoms with van der Waals surface area (Å²) in [5.41, 5.74) is 2.35. The highest BCUT2D eigenvalue weighted by atomic mass is 35.5. The Morgan fingerprint density at radius 2 is 1.96 bits per heavy atom. The molecule has 0 spiro atoms. The number of carbonyl (C=O) groups excluding carboxylic acids is 2. The van der Waals surface area contributed by atoms with Crippen LogP contribution in [0.4, 0.5) is 5.69 Å². The molecule has 3 aromatic rings. The van der Waals surface area contributed by atoms with Crippen LogP contribution >= 0.6 is 11.6 Å². The van der Waals surface area contributed by atoms with E-state index in [1.54, 1.807) is 17.9 Å². The summed E-state index contributed by atoms with van der Waals surface area (Å²) in [6.45, 7) is 2.64. The molecule has 28 heavy (non-hydrogen) atoms. The number of aromatic nitrogens is 2. The summed E-state index contributed by atoms with van der Waals surface area (Å²) in [5, 5.41) is 0.538. The minimum absolute atomic E-state index is 0.00663. The monoisotopic (exact) mass is 397 g/mol. The number of rotatable bonds is 5. The van der Waals surface area contributed by atoms with E-state index in [4.69, 9.17) is 21.3 Å². The highest BCUT2D eigenvalue weighted by molar-refractivity contribution is 6.33. The van der Waals surface area contributed by atoms with Crippen molar-refractivity contribution < 1.29 is 14.3 Å². The first-order valence-electron chi connectivity index (χ1n) is 9.24. The topological polar surface area (TPSA) is 64.4 Å². The van der Waals surface area contributed by atoms with Crippen molar-refractivity contribution >= 4 is 40.2 Å². The zero-order valence-electron chi connectivity index (χ0n) is 15.5. The van der Waals surface area contributed by atoms with E-state index in [1.807, 2.05) is 47.0 Å². The lowest BCUT2D eigenvalue weighted by atomic mass is 10.1. The maximum absolute atomic E-state index is 12.7. The quantitative estimate of drug-likeness (QED) is 0.615. The molecule has 6 nitrogen and oxygen atoms in total. The number of para-hydroxylation sites is 3. The van der Waals surface area contributed by atoms with E-state index in [2.05, 4.69) is 0 Å². The summed E-state index contributed by atoms with van der Waals surface area (Å²) in [6, 6.07) is 14.9. The summed E-state index contributed by atoms with van der Waals surface area (Å²) in [7, 11) is 0. The van der Waals surface area contributed by atoms with Crippen LogP contribution in [0.25, 0.3) is 11.0 Å². The molecule has 0 radical (unpaired) electrons. The van der Waals surface area contributed by atoms with E-state index in [1.165, 1.54) is 0 Å². The minimum Gasteiger partial charge on any atom is -0.465 e. The molecular formula is C21H20ClN3O3. The molecule has 1 saturated heterocycles. The highest BCUT2D eigenvalue weighted by Gasteiger charge is 2.35. The van der Waals surface area contributed by atoms with Crippen molar-refractivity contribution in [2.24, 2.45) is 0 Å². The number of imidazole rings is 1. The molecule has 1 fully saturated rings. The Labute approximate surface area is 167 Å². The fraction of sp³-hybridized carbons (Fsp3) is 0.286. The van der Waals surface area contributed by atoms with Crippen molar-refractivity contribution in [3.8, 4) is 0 Å². The third-order valence-electron chi connectivity index (χ3n) is 4.91. The van der Waals surface area contributed by atoms with Gasteiger partial charge >= 0.3 is 5.97 Å². The fourth-order valence-corrected chi connectivity index (χ4v) is 3.93. The molecule has 0 bridgehead atoms. The summed E-state index contributed by atoms with van der Waals surface area (Å²) < 4.78 is 6.99. The van der Waals surface area contributed by atoms with Crippen LogP contribution in [0, 0.1) is 0 Å². The molecular weight excluding hydrogens is 378 g/mol. The van der Waals surface area contributed by atoms with Crippen molar-refractivity contribution in [3.63, 3.8) is 0 Å². The summed E-state index contributed by atoms with van der Waals surface area (Å²) in [4.78, 5) is 31.3.